The van der Waals surface area contributed by atoms with Gasteiger partial charge >= 0.3 is 0 Å². The van der Waals surface area contributed by atoms with Gasteiger partial charge in [0.25, 0.3) is 0 Å². The van der Waals surface area contributed by atoms with Crippen LogP contribution in [-0.4, -0.2) is 22.1 Å². The molecule has 0 amide bonds. The van der Waals surface area contributed by atoms with E-state index in [0.29, 0.717) is 0 Å². The molecule has 0 radical (unpaired) electrons. The first-order valence-corrected chi connectivity index (χ1v) is 6.63. The quantitative estimate of drug-likeness (QED) is 0.794. The molecule has 0 aliphatic heterocycles. The zero-order chi connectivity index (χ0) is 12.1. The lowest BCUT2D eigenvalue weighted by Gasteiger charge is -2.42. The average Bonchev–Trinajstić information content (AvgIpc) is 2.32. The third kappa shape index (κ3) is 2.87. The Morgan fingerprint density at radius 2 is 2.18 bits per heavy atom. The minimum atomic E-state index is 0.288. The number of nitrogens with one attached hydrogen (secondary N) is 2. The summed E-state index contributed by atoms with van der Waals surface area (Å²) in [5, 5.41) is 6.78. The van der Waals surface area contributed by atoms with Crippen molar-refractivity contribution in [3.05, 3.63) is 12.3 Å². The van der Waals surface area contributed by atoms with Crippen LogP contribution in [0, 0.1) is 0 Å². The molecule has 0 saturated heterocycles. The van der Waals surface area contributed by atoms with Crippen LogP contribution in [0.15, 0.2) is 12.3 Å². The molecule has 0 spiro atoms. The van der Waals surface area contributed by atoms with Crippen molar-refractivity contribution in [1.29, 1.82) is 0 Å². The van der Waals surface area contributed by atoms with Crippen LogP contribution in [0.1, 0.15) is 46.0 Å². The minimum Gasteiger partial charge on any atom is -0.364 e. The lowest BCUT2D eigenvalue weighted by molar-refractivity contribution is 0.269. The van der Waals surface area contributed by atoms with Crippen LogP contribution in [-0.2, 0) is 0 Å². The number of nitrogens with zero attached hydrogens (tertiary/aromatic N) is 2. The molecule has 4 heteroatoms. The van der Waals surface area contributed by atoms with Crippen molar-refractivity contribution in [2.45, 2.75) is 51.5 Å². The molecule has 2 rings (SSSR count). The van der Waals surface area contributed by atoms with E-state index in [4.69, 9.17) is 0 Å². The third-order valence-electron chi connectivity index (χ3n) is 3.57. The van der Waals surface area contributed by atoms with E-state index >= 15 is 0 Å². The summed E-state index contributed by atoms with van der Waals surface area (Å²) in [7, 11) is 0. The first-order valence-electron chi connectivity index (χ1n) is 6.63. The number of aromatic nitrogens is 2. The topological polar surface area (TPSA) is 49.8 Å². The van der Waals surface area contributed by atoms with Crippen molar-refractivity contribution in [2.75, 3.05) is 17.2 Å². The Bertz CT molecular complexity index is 355. The highest BCUT2D eigenvalue weighted by molar-refractivity contribution is 5.42. The Kier molecular flexibility index (Phi) is 3.82. The van der Waals surface area contributed by atoms with E-state index in [0.717, 1.165) is 31.2 Å². The van der Waals surface area contributed by atoms with E-state index in [2.05, 4.69) is 34.4 Å². The maximum atomic E-state index is 4.49. The monoisotopic (exact) mass is 234 g/mol. The molecule has 1 heterocycles. The molecule has 0 aromatic carbocycles. The van der Waals surface area contributed by atoms with Crippen molar-refractivity contribution in [2.24, 2.45) is 0 Å². The smallest absolute Gasteiger partial charge is 0.224 e. The Hall–Kier alpha value is -1.32. The Labute approximate surface area is 103 Å². The zero-order valence-electron chi connectivity index (χ0n) is 10.8. The first kappa shape index (κ1) is 12.1. The summed E-state index contributed by atoms with van der Waals surface area (Å²) in [6, 6.07) is 1.95. The van der Waals surface area contributed by atoms with Gasteiger partial charge in [0.2, 0.25) is 5.95 Å². The molecular weight excluding hydrogens is 212 g/mol. The molecule has 0 unspecified atom stereocenters. The number of hydrogen-bond donors (Lipinski definition) is 2. The van der Waals surface area contributed by atoms with Gasteiger partial charge in [-0.2, -0.15) is 4.98 Å². The largest absolute Gasteiger partial charge is 0.364 e. The van der Waals surface area contributed by atoms with Crippen LogP contribution in [0.2, 0.25) is 0 Å². The Morgan fingerprint density at radius 3 is 2.76 bits per heavy atom. The van der Waals surface area contributed by atoms with Crippen molar-refractivity contribution in [1.82, 2.24) is 9.97 Å². The number of hydrogen-bond acceptors (Lipinski definition) is 4. The van der Waals surface area contributed by atoms with Gasteiger partial charge in [0, 0.05) is 18.3 Å². The highest BCUT2D eigenvalue weighted by Gasteiger charge is 2.35. The molecule has 0 bridgehead atoms. The van der Waals surface area contributed by atoms with E-state index in [-0.39, 0.29) is 5.54 Å². The second-order valence-electron chi connectivity index (χ2n) is 4.80. The van der Waals surface area contributed by atoms with Crippen LogP contribution in [0.5, 0.6) is 0 Å². The molecule has 1 fully saturated rings. The molecule has 1 aromatic heterocycles. The van der Waals surface area contributed by atoms with E-state index in [1.54, 1.807) is 0 Å². The second kappa shape index (κ2) is 5.34. The third-order valence-corrected chi connectivity index (χ3v) is 3.57. The number of rotatable bonds is 6. The minimum absolute atomic E-state index is 0.288. The lowest BCUT2D eigenvalue weighted by Crippen LogP contribution is -2.44. The molecule has 1 aliphatic rings. The van der Waals surface area contributed by atoms with Gasteiger partial charge in [0.15, 0.2) is 0 Å². The van der Waals surface area contributed by atoms with Crippen molar-refractivity contribution >= 4 is 11.8 Å². The van der Waals surface area contributed by atoms with Crippen LogP contribution in [0.4, 0.5) is 11.8 Å². The summed E-state index contributed by atoms with van der Waals surface area (Å²) in [6.07, 6.45) is 7.90. The normalized spacial score (nSPS) is 17.3. The Balaban J connectivity index is 2.00. The second-order valence-corrected chi connectivity index (χ2v) is 4.80. The fourth-order valence-corrected chi connectivity index (χ4v) is 2.19. The fourth-order valence-electron chi connectivity index (χ4n) is 2.19. The highest BCUT2D eigenvalue weighted by Crippen LogP contribution is 2.37. The number of anilines is 2. The van der Waals surface area contributed by atoms with Crippen molar-refractivity contribution in [3.8, 4) is 0 Å². The van der Waals surface area contributed by atoms with E-state index in [9.17, 15) is 0 Å². The van der Waals surface area contributed by atoms with E-state index < -0.39 is 0 Å². The molecule has 2 N–H and O–H groups in total. The molecular formula is C13H22N4. The van der Waals surface area contributed by atoms with Gasteiger partial charge in [0.1, 0.15) is 5.82 Å². The fraction of sp³-hybridized carbons (Fsp3) is 0.692. The summed E-state index contributed by atoms with van der Waals surface area (Å²) in [5.74, 6) is 1.67. The first-order chi connectivity index (χ1) is 8.28. The zero-order valence-corrected chi connectivity index (χ0v) is 10.8. The molecule has 1 aromatic rings. The molecule has 94 valence electrons. The Morgan fingerprint density at radius 1 is 1.35 bits per heavy atom. The maximum absolute atomic E-state index is 4.49. The van der Waals surface area contributed by atoms with Crippen LogP contribution in [0.3, 0.4) is 0 Å². The molecule has 4 nitrogen and oxygen atoms in total. The molecule has 1 aliphatic carbocycles. The van der Waals surface area contributed by atoms with Gasteiger partial charge in [-0.1, -0.05) is 13.8 Å². The van der Waals surface area contributed by atoms with Gasteiger partial charge in [0.05, 0.1) is 0 Å². The van der Waals surface area contributed by atoms with Gasteiger partial charge in [-0.3, -0.25) is 0 Å². The standard InChI is InChI=1S/C13H22N4/c1-3-9-14-12-15-10-6-11(16-12)17-13(4-2)7-5-8-13/h6,10H,3-5,7-9H2,1-2H3,(H2,14,15,16,17). The predicted octanol–water partition coefficient (Wildman–Crippen LogP) is 3.04. The van der Waals surface area contributed by atoms with Crippen molar-refractivity contribution < 1.29 is 0 Å². The van der Waals surface area contributed by atoms with Gasteiger partial charge < -0.3 is 10.6 Å². The van der Waals surface area contributed by atoms with Crippen LogP contribution >= 0.6 is 0 Å². The van der Waals surface area contributed by atoms with Gasteiger partial charge in [-0.15, -0.1) is 0 Å². The van der Waals surface area contributed by atoms with Crippen LogP contribution < -0.4 is 10.6 Å². The van der Waals surface area contributed by atoms with Gasteiger partial charge in [-0.05, 0) is 38.2 Å². The summed E-state index contributed by atoms with van der Waals surface area (Å²) < 4.78 is 0. The summed E-state index contributed by atoms with van der Waals surface area (Å²) in [6.45, 7) is 5.29. The van der Waals surface area contributed by atoms with Crippen LogP contribution in [0.25, 0.3) is 0 Å². The average molecular weight is 234 g/mol. The summed E-state index contributed by atoms with van der Waals surface area (Å²) in [5.41, 5.74) is 0.288. The lowest BCUT2D eigenvalue weighted by atomic mass is 9.75. The van der Waals surface area contributed by atoms with Gasteiger partial charge in [-0.25, -0.2) is 4.98 Å². The van der Waals surface area contributed by atoms with Crippen molar-refractivity contribution in [3.63, 3.8) is 0 Å². The van der Waals surface area contributed by atoms with E-state index in [1.165, 1.54) is 19.3 Å². The molecule has 1 saturated carbocycles. The highest BCUT2D eigenvalue weighted by atomic mass is 15.2. The SMILES string of the molecule is CCCNc1nccc(NC2(CC)CCC2)n1. The molecule has 17 heavy (non-hydrogen) atoms. The predicted molar refractivity (Wildman–Crippen MR) is 71.3 cm³/mol. The van der Waals surface area contributed by atoms with E-state index in [1.807, 2.05) is 12.3 Å². The molecule has 0 atom stereocenters. The maximum Gasteiger partial charge on any atom is 0.224 e. The summed E-state index contributed by atoms with van der Waals surface area (Å²) >= 11 is 0. The summed E-state index contributed by atoms with van der Waals surface area (Å²) in [4.78, 5) is 8.71.